The van der Waals surface area contributed by atoms with Crippen molar-refractivity contribution in [3.8, 4) is 11.5 Å². The highest BCUT2D eigenvalue weighted by atomic mass is 35.5. The largest absolute Gasteiger partial charge is 0.495 e. The van der Waals surface area contributed by atoms with Gasteiger partial charge in [-0.2, -0.15) is 0 Å². The minimum absolute atomic E-state index is 0.0683. The highest BCUT2D eigenvalue weighted by Gasteiger charge is 2.24. The number of halogens is 1. The second-order valence-corrected chi connectivity index (χ2v) is 8.00. The SMILES string of the molecule is COc1ccc(C(=O)Oc2cc(C)ccc2Cl)cc1S(=O)(=O)N(C)C. The maximum atomic E-state index is 12.4. The number of rotatable bonds is 5. The average molecular weight is 384 g/mol. The Balaban J connectivity index is 2.43. The van der Waals surface area contributed by atoms with Crippen molar-refractivity contribution in [2.24, 2.45) is 0 Å². The van der Waals surface area contributed by atoms with E-state index in [0.717, 1.165) is 9.87 Å². The molecule has 0 spiro atoms. The summed E-state index contributed by atoms with van der Waals surface area (Å²) in [6, 6.07) is 9.09. The molecule has 6 nitrogen and oxygen atoms in total. The van der Waals surface area contributed by atoms with E-state index in [4.69, 9.17) is 21.1 Å². The van der Waals surface area contributed by atoms with E-state index in [2.05, 4.69) is 0 Å². The van der Waals surface area contributed by atoms with Crippen LogP contribution in [-0.4, -0.2) is 39.9 Å². The molecule has 0 aliphatic rings. The summed E-state index contributed by atoms with van der Waals surface area (Å²) in [5.74, 6) is -0.372. The number of benzene rings is 2. The van der Waals surface area contributed by atoms with Crippen molar-refractivity contribution >= 4 is 27.6 Å². The van der Waals surface area contributed by atoms with Gasteiger partial charge in [-0.05, 0) is 42.8 Å². The van der Waals surface area contributed by atoms with E-state index in [1.807, 2.05) is 6.92 Å². The number of aryl methyl sites for hydroxylation is 1. The Labute approximate surface area is 152 Å². The molecule has 8 heteroatoms. The molecule has 0 unspecified atom stereocenters. The summed E-state index contributed by atoms with van der Waals surface area (Å²) in [5.41, 5.74) is 0.941. The molecule has 0 saturated heterocycles. The molecule has 2 aromatic carbocycles. The van der Waals surface area contributed by atoms with Gasteiger partial charge in [0.25, 0.3) is 0 Å². The number of carbonyl (C=O) groups is 1. The normalized spacial score (nSPS) is 11.4. The number of sulfonamides is 1. The van der Waals surface area contributed by atoms with E-state index in [0.29, 0.717) is 0 Å². The van der Waals surface area contributed by atoms with Gasteiger partial charge in [-0.15, -0.1) is 0 Å². The maximum absolute atomic E-state index is 12.4. The van der Waals surface area contributed by atoms with Crippen LogP contribution in [0, 0.1) is 6.92 Å². The van der Waals surface area contributed by atoms with Crippen molar-refractivity contribution in [3.63, 3.8) is 0 Å². The number of esters is 1. The monoisotopic (exact) mass is 383 g/mol. The summed E-state index contributed by atoms with van der Waals surface area (Å²) in [5, 5.41) is 0.286. The van der Waals surface area contributed by atoms with Crippen LogP contribution in [0.15, 0.2) is 41.3 Å². The van der Waals surface area contributed by atoms with Crippen molar-refractivity contribution in [1.82, 2.24) is 4.31 Å². The Bertz CT molecular complexity index is 909. The van der Waals surface area contributed by atoms with Crippen LogP contribution in [-0.2, 0) is 10.0 Å². The first-order chi connectivity index (χ1) is 11.7. The molecule has 0 saturated carbocycles. The average Bonchev–Trinajstić information content (AvgIpc) is 2.57. The maximum Gasteiger partial charge on any atom is 0.343 e. The lowest BCUT2D eigenvalue weighted by Gasteiger charge is -2.15. The van der Waals surface area contributed by atoms with Gasteiger partial charge in [-0.1, -0.05) is 17.7 Å². The van der Waals surface area contributed by atoms with Crippen LogP contribution >= 0.6 is 11.6 Å². The predicted octanol–water partition coefficient (Wildman–Crippen LogP) is 3.13. The molecule has 0 fully saturated rings. The van der Waals surface area contributed by atoms with Crippen molar-refractivity contribution in [2.75, 3.05) is 21.2 Å². The quantitative estimate of drug-likeness (QED) is 0.586. The first-order valence-electron chi connectivity index (χ1n) is 7.25. The van der Waals surface area contributed by atoms with Crippen LogP contribution in [0.4, 0.5) is 0 Å². The standard InChI is InChI=1S/C17H18ClNO5S/c1-11-5-7-13(18)15(9-11)24-17(20)12-6-8-14(23-4)16(10-12)25(21,22)19(2)3/h5-10H,1-4H3. The van der Waals surface area contributed by atoms with Crippen molar-refractivity contribution in [3.05, 3.63) is 52.5 Å². The zero-order valence-corrected chi connectivity index (χ0v) is 15.8. The zero-order chi connectivity index (χ0) is 18.8. The molecule has 0 atom stereocenters. The van der Waals surface area contributed by atoms with E-state index in [-0.39, 0.29) is 27.0 Å². The molecule has 134 valence electrons. The Kier molecular flexibility index (Phi) is 5.72. The Hall–Kier alpha value is -2.09. The third-order valence-corrected chi connectivity index (χ3v) is 5.60. The summed E-state index contributed by atoms with van der Waals surface area (Å²) >= 11 is 6.02. The van der Waals surface area contributed by atoms with Gasteiger partial charge >= 0.3 is 5.97 Å². The van der Waals surface area contributed by atoms with Gasteiger partial charge < -0.3 is 9.47 Å². The fourth-order valence-corrected chi connectivity index (χ4v) is 3.28. The highest BCUT2D eigenvalue weighted by molar-refractivity contribution is 7.89. The van der Waals surface area contributed by atoms with E-state index >= 15 is 0 Å². The van der Waals surface area contributed by atoms with Gasteiger partial charge in [0.2, 0.25) is 10.0 Å². The second kappa shape index (κ2) is 7.43. The molecule has 0 bridgehead atoms. The predicted molar refractivity (Wildman–Crippen MR) is 95.0 cm³/mol. The van der Waals surface area contributed by atoms with E-state index in [1.54, 1.807) is 18.2 Å². The van der Waals surface area contributed by atoms with Crippen molar-refractivity contribution in [1.29, 1.82) is 0 Å². The molecule has 0 amide bonds. The molecule has 0 aliphatic heterocycles. The summed E-state index contributed by atoms with van der Waals surface area (Å²) < 4.78 is 36.3. The topological polar surface area (TPSA) is 72.9 Å². The first-order valence-corrected chi connectivity index (χ1v) is 9.07. The molecule has 0 aliphatic carbocycles. The van der Waals surface area contributed by atoms with Gasteiger partial charge in [0.05, 0.1) is 17.7 Å². The van der Waals surface area contributed by atoms with Gasteiger partial charge in [0, 0.05) is 14.1 Å². The molecule has 0 heterocycles. The molecule has 0 aromatic heterocycles. The van der Waals surface area contributed by atoms with Gasteiger partial charge in [0.1, 0.15) is 16.4 Å². The number of ether oxygens (including phenoxy) is 2. The van der Waals surface area contributed by atoms with Crippen LogP contribution in [0.1, 0.15) is 15.9 Å². The molecule has 0 radical (unpaired) electrons. The Morgan fingerprint density at radius 3 is 2.36 bits per heavy atom. The molecule has 0 N–H and O–H groups in total. The minimum Gasteiger partial charge on any atom is -0.495 e. The summed E-state index contributed by atoms with van der Waals surface area (Å²) in [7, 11) is 0.357. The van der Waals surface area contributed by atoms with Gasteiger partial charge in [0.15, 0.2) is 0 Å². The lowest BCUT2D eigenvalue weighted by atomic mass is 10.2. The highest BCUT2D eigenvalue weighted by Crippen LogP contribution is 2.29. The fourth-order valence-electron chi connectivity index (χ4n) is 2.05. The minimum atomic E-state index is -3.79. The van der Waals surface area contributed by atoms with Crippen LogP contribution in [0.25, 0.3) is 0 Å². The van der Waals surface area contributed by atoms with E-state index in [9.17, 15) is 13.2 Å². The second-order valence-electron chi connectivity index (χ2n) is 5.48. The number of nitrogens with zero attached hydrogens (tertiary/aromatic N) is 1. The number of hydrogen-bond donors (Lipinski definition) is 0. The third-order valence-electron chi connectivity index (χ3n) is 3.45. The number of hydrogen-bond acceptors (Lipinski definition) is 5. The fraction of sp³-hybridized carbons (Fsp3) is 0.235. The van der Waals surface area contributed by atoms with Gasteiger partial charge in [-0.3, -0.25) is 0 Å². The Morgan fingerprint density at radius 2 is 1.76 bits per heavy atom. The molecule has 2 rings (SSSR count). The number of carbonyl (C=O) groups excluding carboxylic acids is 1. The summed E-state index contributed by atoms with van der Waals surface area (Å²) in [4.78, 5) is 12.3. The van der Waals surface area contributed by atoms with E-state index in [1.165, 1.54) is 39.4 Å². The lowest BCUT2D eigenvalue weighted by Crippen LogP contribution is -2.23. The Morgan fingerprint density at radius 1 is 1.08 bits per heavy atom. The molecule has 2 aromatic rings. The van der Waals surface area contributed by atoms with Crippen LogP contribution in [0.5, 0.6) is 11.5 Å². The van der Waals surface area contributed by atoms with Crippen LogP contribution in [0.3, 0.4) is 0 Å². The van der Waals surface area contributed by atoms with Crippen LogP contribution in [0.2, 0.25) is 5.02 Å². The summed E-state index contributed by atoms with van der Waals surface area (Å²) in [6.45, 7) is 1.84. The lowest BCUT2D eigenvalue weighted by molar-refractivity contribution is 0.0734. The number of methoxy groups -OCH3 is 1. The van der Waals surface area contributed by atoms with E-state index < -0.39 is 16.0 Å². The first kappa shape index (κ1) is 19.2. The molecule has 25 heavy (non-hydrogen) atoms. The van der Waals surface area contributed by atoms with Gasteiger partial charge in [-0.25, -0.2) is 17.5 Å². The molecular formula is C17H18ClNO5S. The summed E-state index contributed by atoms with van der Waals surface area (Å²) in [6.07, 6.45) is 0. The van der Waals surface area contributed by atoms with Crippen molar-refractivity contribution < 1.29 is 22.7 Å². The van der Waals surface area contributed by atoms with Crippen molar-refractivity contribution in [2.45, 2.75) is 11.8 Å². The smallest absolute Gasteiger partial charge is 0.343 e. The van der Waals surface area contributed by atoms with Crippen LogP contribution < -0.4 is 9.47 Å². The molecular weight excluding hydrogens is 366 g/mol. The zero-order valence-electron chi connectivity index (χ0n) is 14.2. The third kappa shape index (κ3) is 4.12.